The lowest BCUT2D eigenvalue weighted by Gasteiger charge is -2.08. The highest BCUT2D eigenvalue weighted by Crippen LogP contribution is 2.15. The van der Waals surface area contributed by atoms with Crippen molar-refractivity contribution in [3.8, 4) is 0 Å². The molecule has 218 valence electrons. The molecule has 0 aromatic carbocycles. The first kappa shape index (κ1) is 35.8. The van der Waals surface area contributed by atoms with Gasteiger partial charge in [0.2, 0.25) is 10.4 Å². The van der Waals surface area contributed by atoms with Crippen LogP contribution in [0, 0.1) is 0 Å². The number of hydrogen-bond donors (Lipinski definition) is 0. The first-order valence-electron chi connectivity index (χ1n) is 15.3. The average Bonchev–Trinajstić information content (AvgIpc) is 2.84. The first-order chi connectivity index (χ1) is 17.6. The topological polar surface area (TPSA) is 84.9 Å². The molecule has 0 atom stereocenters. The molecule has 0 N–H and O–H groups in total. The summed E-state index contributed by atoms with van der Waals surface area (Å²) in [4.78, 5) is 0. The van der Waals surface area contributed by atoms with Gasteiger partial charge >= 0.3 is 0 Å². The largest absolute Gasteiger partial charge is 0.726 e. The third-order valence-electron chi connectivity index (χ3n) is 6.72. The fourth-order valence-electron chi connectivity index (χ4n) is 4.51. The highest BCUT2D eigenvalue weighted by Gasteiger charge is 1.97. The molecule has 0 aromatic rings. The van der Waals surface area contributed by atoms with Crippen LogP contribution in [0.1, 0.15) is 155 Å². The SMILES string of the molecule is CCCCCCCCCCCCCCCCCCCCCCCCCOCCOCCOS(=O)(=O)[O-]. The van der Waals surface area contributed by atoms with Crippen molar-refractivity contribution in [3.05, 3.63) is 0 Å². The Morgan fingerprint density at radius 3 is 1.03 bits per heavy atom. The lowest BCUT2D eigenvalue weighted by molar-refractivity contribution is 0.0345. The van der Waals surface area contributed by atoms with Crippen LogP contribution in [0.2, 0.25) is 0 Å². The molecule has 0 unspecified atom stereocenters. The molecule has 0 bridgehead atoms. The normalized spacial score (nSPS) is 11.9. The van der Waals surface area contributed by atoms with E-state index in [0.29, 0.717) is 13.2 Å². The van der Waals surface area contributed by atoms with Gasteiger partial charge in [0, 0.05) is 6.61 Å². The van der Waals surface area contributed by atoms with Gasteiger partial charge in [-0.05, 0) is 6.42 Å². The molecule has 0 aliphatic carbocycles. The van der Waals surface area contributed by atoms with E-state index < -0.39 is 10.4 Å². The smallest absolute Gasteiger partial charge is 0.217 e. The maximum atomic E-state index is 10.2. The summed E-state index contributed by atoms with van der Waals surface area (Å²) in [7, 11) is -4.62. The lowest BCUT2D eigenvalue weighted by atomic mass is 10.0. The molecule has 6 nitrogen and oxygen atoms in total. The standard InChI is InChI=1S/C29H60O6S/c1-2-3-4-5-6-7-8-9-10-11-12-13-14-15-16-17-18-19-20-21-22-23-24-25-33-26-27-34-28-29-35-36(30,31)32/h2-29H2,1H3,(H,30,31,32)/p-1. The van der Waals surface area contributed by atoms with Crippen LogP contribution in [-0.4, -0.2) is 46.0 Å². The van der Waals surface area contributed by atoms with E-state index in [1.54, 1.807) is 0 Å². The molecule has 0 rings (SSSR count). The summed E-state index contributed by atoms with van der Waals surface area (Å²) in [6.45, 7) is 3.70. The summed E-state index contributed by atoms with van der Waals surface area (Å²) < 4.78 is 45.3. The number of rotatable bonds is 31. The third kappa shape index (κ3) is 33.8. The predicted molar refractivity (Wildman–Crippen MR) is 149 cm³/mol. The van der Waals surface area contributed by atoms with Gasteiger partial charge in [-0.2, -0.15) is 0 Å². The van der Waals surface area contributed by atoms with Gasteiger partial charge in [0.25, 0.3) is 0 Å². The van der Waals surface area contributed by atoms with E-state index in [1.165, 1.54) is 141 Å². The Morgan fingerprint density at radius 1 is 0.417 bits per heavy atom. The van der Waals surface area contributed by atoms with Crippen LogP contribution in [0.15, 0.2) is 0 Å². The van der Waals surface area contributed by atoms with Crippen LogP contribution < -0.4 is 0 Å². The minimum Gasteiger partial charge on any atom is -0.726 e. The molecule has 0 heterocycles. The Hall–Kier alpha value is -0.210. The van der Waals surface area contributed by atoms with E-state index in [4.69, 9.17) is 9.47 Å². The van der Waals surface area contributed by atoms with E-state index in [9.17, 15) is 13.0 Å². The molecule has 0 aliphatic heterocycles. The number of unbranched alkanes of at least 4 members (excludes halogenated alkanes) is 22. The van der Waals surface area contributed by atoms with Crippen molar-refractivity contribution in [2.24, 2.45) is 0 Å². The van der Waals surface area contributed by atoms with Gasteiger partial charge in [0.15, 0.2) is 0 Å². The van der Waals surface area contributed by atoms with Crippen molar-refractivity contribution >= 4 is 10.4 Å². The van der Waals surface area contributed by atoms with Crippen LogP contribution in [0.5, 0.6) is 0 Å². The quantitative estimate of drug-likeness (QED) is 0.0502. The molecule has 0 saturated carbocycles. The van der Waals surface area contributed by atoms with Gasteiger partial charge in [0.1, 0.15) is 0 Å². The molecular weight excluding hydrogens is 476 g/mol. The minimum absolute atomic E-state index is 0.0737. The Bertz CT molecular complexity index is 512. The second kappa shape index (κ2) is 29.3. The van der Waals surface area contributed by atoms with Crippen molar-refractivity contribution < 1.29 is 26.6 Å². The summed E-state index contributed by atoms with van der Waals surface area (Å²) in [5, 5.41) is 0. The summed E-state index contributed by atoms with van der Waals surface area (Å²) in [5.41, 5.74) is 0. The molecule has 0 saturated heterocycles. The molecule has 7 heteroatoms. The fourth-order valence-corrected chi connectivity index (χ4v) is 4.78. The molecule has 36 heavy (non-hydrogen) atoms. The zero-order valence-electron chi connectivity index (χ0n) is 23.7. The van der Waals surface area contributed by atoms with E-state index in [2.05, 4.69) is 11.1 Å². The van der Waals surface area contributed by atoms with Gasteiger partial charge in [0.05, 0.1) is 26.4 Å². The Morgan fingerprint density at radius 2 is 0.694 bits per heavy atom. The monoisotopic (exact) mass is 535 g/mol. The van der Waals surface area contributed by atoms with Gasteiger partial charge in [-0.1, -0.05) is 148 Å². The van der Waals surface area contributed by atoms with Gasteiger partial charge in [-0.15, -0.1) is 0 Å². The van der Waals surface area contributed by atoms with E-state index >= 15 is 0 Å². The first-order valence-corrected chi connectivity index (χ1v) is 16.7. The maximum Gasteiger partial charge on any atom is 0.217 e. The Labute approximate surface area is 224 Å². The minimum atomic E-state index is -4.62. The molecule has 0 radical (unpaired) electrons. The van der Waals surface area contributed by atoms with Gasteiger partial charge in [-0.3, -0.25) is 4.18 Å². The fraction of sp³-hybridized carbons (Fsp3) is 1.00. The van der Waals surface area contributed by atoms with Crippen LogP contribution in [0.25, 0.3) is 0 Å². The number of hydrogen-bond acceptors (Lipinski definition) is 6. The van der Waals surface area contributed by atoms with Crippen molar-refractivity contribution in [1.29, 1.82) is 0 Å². The van der Waals surface area contributed by atoms with E-state index in [1.807, 2.05) is 0 Å². The van der Waals surface area contributed by atoms with Gasteiger partial charge in [-0.25, -0.2) is 8.42 Å². The Balaban J connectivity index is 3.04. The van der Waals surface area contributed by atoms with Gasteiger partial charge < -0.3 is 14.0 Å². The molecular formula is C29H59O6S-. The average molecular weight is 536 g/mol. The molecule has 0 aliphatic rings. The van der Waals surface area contributed by atoms with E-state index in [-0.39, 0.29) is 13.2 Å². The van der Waals surface area contributed by atoms with Crippen LogP contribution in [0.4, 0.5) is 0 Å². The second-order valence-corrected chi connectivity index (χ2v) is 11.3. The Kier molecular flexibility index (Phi) is 29.2. The zero-order valence-corrected chi connectivity index (χ0v) is 24.5. The predicted octanol–water partition coefficient (Wildman–Crippen LogP) is 8.49. The zero-order chi connectivity index (χ0) is 26.4. The number of ether oxygens (including phenoxy) is 2. The highest BCUT2D eigenvalue weighted by atomic mass is 32.3. The molecule has 0 aromatic heterocycles. The van der Waals surface area contributed by atoms with Crippen molar-refractivity contribution in [2.75, 3.05) is 33.0 Å². The molecule has 0 amide bonds. The highest BCUT2D eigenvalue weighted by molar-refractivity contribution is 7.80. The summed E-state index contributed by atoms with van der Waals surface area (Å²) in [6, 6.07) is 0. The van der Waals surface area contributed by atoms with Crippen molar-refractivity contribution in [2.45, 2.75) is 155 Å². The third-order valence-corrected chi connectivity index (χ3v) is 7.17. The van der Waals surface area contributed by atoms with Crippen LogP contribution in [-0.2, 0) is 24.1 Å². The molecule has 0 fully saturated rings. The maximum absolute atomic E-state index is 10.2. The summed E-state index contributed by atoms with van der Waals surface area (Å²) in [6.07, 6.45) is 32.0. The van der Waals surface area contributed by atoms with Crippen molar-refractivity contribution in [3.63, 3.8) is 0 Å². The summed E-state index contributed by atoms with van der Waals surface area (Å²) >= 11 is 0. The molecule has 0 spiro atoms. The lowest BCUT2D eigenvalue weighted by Crippen LogP contribution is -2.12. The van der Waals surface area contributed by atoms with Crippen LogP contribution >= 0.6 is 0 Å². The second-order valence-electron chi connectivity index (χ2n) is 10.2. The van der Waals surface area contributed by atoms with Crippen molar-refractivity contribution in [1.82, 2.24) is 0 Å². The van der Waals surface area contributed by atoms with Crippen LogP contribution in [0.3, 0.4) is 0 Å². The van der Waals surface area contributed by atoms with E-state index in [0.717, 1.165) is 13.0 Å². The summed E-state index contributed by atoms with van der Waals surface area (Å²) in [5.74, 6) is 0.